The summed E-state index contributed by atoms with van der Waals surface area (Å²) in [5, 5.41) is 0.417. The number of hydrogen-bond donors (Lipinski definition) is 1. The van der Waals surface area contributed by atoms with E-state index in [1.54, 1.807) is 6.07 Å². The molecule has 0 saturated heterocycles. The van der Waals surface area contributed by atoms with Crippen LogP contribution in [0.3, 0.4) is 0 Å². The first-order chi connectivity index (χ1) is 19.8. The van der Waals surface area contributed by atoms with Gasteiger partial charge in [0.1, 0.15) is 4.90 Å². The van der Waals surface area contributed by atoms with Crippen molar-refractivity contribution in [2.45, 2.75) is 62.2 Å². The van der Waals surface area contributed by atoms with Gasteiger partial charge in [0.05, 0.1) is 24.8 Å². The number of unbranched alkanes of at least 4 members (excludes halogenated alkanes) is 1. The van der Waals surface area contributed by atoms with E-state index in [1.165, 1.54) is 19.2 Å². The Bertz CT molecular complexity index is 1430. The molecule has 1 saturated carbocycles. The second-order valence-corrected chi connectivity index (χ2v) is 12.7. The number of methoxy groups -OCH3 is 1. The zero-order valence-corrected chi connectivity index (χ0v) is 25.3. The Morgan fingerprint density at radius 2 is 1.71 bits per heavy atom. The Morgan fingerprint density at radius 1 is 0.976 bits per heavy atom. The smallest absolute Gasteiger partial charge is 0.305 e. The van der Waals surface area contributed by atoms with Crippen molar-refractivity contribution in [3.05, 3.63) is 101 Å². The fourth-order valence-electron chi connectivity index (χ4n) is 5.11. The number of esters is 1. The summed E-state index contributed by atoms with van der Waals surface area (Å²) in [6.45, 7) is 0.429. The van der Waals surface area contributed by atoms with Crippen LogP contribution in [0.25, 0.3) is 11.1 Å². The van der Waals surface area contributed by atoms with Gasteiger partial charge >= 0.3 is 5.97 Å². The summed E-state index contributed by atoms with van der Waals surface area (Å²) in [6.07, 6.45) is 7.72. The van der Waals surface area contributed by atoms with Crippen molar-refractivity contribution in [3.8, 4) is 11.1 Å². The van der Waals surface area contributed by atoms with Gasteiger partial charge in [0, 0.05) is 23.4 Å². The van der Waals surface area contributed by atoms with Crippen molar-refractivity contribution in [1.29, 1.82) is 0 Å². The molecule has 0 amide bonds. The average Bonchev–Trinajstić information content (AvgIpc) is 3.35. The molecule has 0 heterocycles. The third-order valence-corrected chi connectivity index (χ3v) is 9.53. The van der Waals surface area contributed by atoms with Gasteiger partial charge in [0.25, 0.3) is 0 Å². The molecule has 4 rings (SSSR count). The molecule has 0 radical (unpaired) electrons. The Hall–Kier alpha value is -2.68. The lowest BCUT2D eigenvalue weighted by Gasteiger charge is -2.25. The molecule has 3 aromatic rings. The van der Waals surface area contributed by atoms with Crippen LogP contribution in [0.2, 0.25) is 10.0 Å². The lowest BCUT2D eigenvalue weighted by atomic mass is 9.97. The number of rotatable bonds is 13. The predicted octanol–water partition coefficient (Wildman–Crippen LogP) is 7.59. The van der Waals surface area contributed by atoms with Gasteiger partial charge in [-0.3, -0.25) is 4.79 Å². The normalized spacial score (nSPS) is 19.0. The zero-order chi connectivity index (χ0) is 29.2. The van der Waals surface area contributed by atoms with Crippen molar-refractivity contribution in [1.82, 2.24) is 4.72 Å². The molecule has 9 heteroatoms. The summed E-state index contributed by atoms with van der Waals surface area (Å²) in [4.78, 5) is 11.3. The molecule has 0 aromatic heterocycles. The Balaban J connectivity index is 1.43. The van der Waals surface area contributed by atoms with E-state index in [-0.39, 0.29) is 34.0 Å². The van der Waals surface area contributed by atoms with Crippen molar-refractivity contribution < 1.29 is 22.7 Å². The first-order valence-corrected chi connectivity index (χ1v) is 16.0. The third kappa shape index (κ3) is 8.90. The molecule has 6 nitrogen and oxygen atoms in total. The molecule has 1 aliphatic carbocycles. The minimum atomic E-state index is -3.90. The maximum Gasteiger partial charge on any atom is 0.305 e. The number of nitrogens with one attached hydrogen (secondary N) is 1. The van der Waals surface area contributed by atoms with Crippen molar-refractivity contribution in [2.24, 2.45) is 5.92 Å². The summed E-state index contributed by atoms with van der Waals surface area (Å²) in [7, 11) is -2.52. The van der Waals surface area contributed by atoms with Gasteiger partial charge in [-0.25, -0.2) is 13.1 Å². The van der Waals surface area contributed by atoms with E-state index in [9.17, 15) is 13.2 Å². The van der Waals surface area contributed by atoms with Gasteiger partial charge in [-0.1, -0.05) is 90.0 Å². The Kier molecular flexibility index (Phi) is 11.4. The largest absolute Gasteiger partial charge is 0.469 e. The van der Waals surface area contributed by atoms with E-state index in [2.05, 4.69) is 41.1 Å². The SMILES string of the molecule is COC(=O)CCC/C=C\C[C@@H]1[C@@H](NS(=O)(=O)c2cc(Cl)ccc2Cl)CC[C@@H]1OCc1ccc(-c2ccccc2)cc1. The average molecular weight is 617 g/mol. The van der Waals surface area contributed by atoms with E-state index in [0.29, 0.717) is 37.3 Å². The van der Waals surface area contributed by atoms with Gasteiger partial charge in [0.2, 0.25) is 10.0 Å². The summed E-state index contributed by atoms with van der Waals surface area (Å²) < 4.78 is 40.5. The number of halogens is 2. The number of carbonyl (C=O) groups is 1. The van der Waals surface area contributed by atoms with E-state index in [0.717, 1.165) is 29.5 Å². The maximum atomic E-state index is 13.3. The summed E-state index contributed by atoms with van der Waals surface area (Å²) in [6, 6.07) is 22.6. The first-order valence-electron chi connectivity index (χ1n) is 13.7. The minimum absolute atomic E-state index is 0.0355. The van der Waals surface area contributed by atoms with Crippen LogP contribution < -0.4 is 4.72 Å². The lowest BCUT2D eigenvalue weighted by Crippen LogP contribution is -2.40. The number of allylic oxidation sites excluding steroid dienone is 2. The van der Waals surface area contributed by atoms with Gasteiger partial charge in [0.15, 0.2) is 0 Å². The molecule has 0 bridgehead atoms. The topological polar surface area (TPSA) is 81.7 Å². The predicted molar refractivity (Wildman–Crippen MR) is 163 cm³/mol. The molecule has 1 N–H and O–H groups in total. The van der Waals surface area contributed by atoms with Gasteiger partial charge in [-0.15, -0.1) is 0 Å². The van der Waals surface area contributed by atoms with E-state index < -0.39 is 10.0 Å². The monoisotopic (exact) mass is 615 g/mol. The van der Waals surface area contributed by atoms with E-state index in [4.69, 9.17) is 32.7 Å². The number of sulfonamides is 1. The van der Waals surface area contributed by atoms with E-state index >= 15 is 0 Å². The van der Waals surface area contributed by atoms with Crippen molar-refractivity contribution in [3.63, 3.8) is 0 Å². The molecule has 1 fully saturated rings. The van der Waals surface area contributed by atoms with Gasteiger partial charge in [-0.05, 0) is 67.0 Å². The Morgan fingerprint density at radius 3 is 2.44 bits per heavy atom. The lowest BCUT2D eigenvalue weighted by molar-refractivity contribution is -0.140. The highest BCUT2D eigenvalue weighted by atomic mass is 35.5. The summed E-state index contributed by atoms with van der Waals surface area (Å²) in [5.74, 6) is -0.309. The van der Waals surface area contributed by atoms with Gasteiger partial charge < -0.3 is 9.47 Å². The van der Waals surface area contributed by atoms with Crippen LogP contribution in [-0.2, 0) is 30.9 Å². The van der Waals surface area contributed by atoms with Crippen LogP contribution in [0.15, 0.2) is 89.8 Å². The molecule has 218 valence electrons. The van der Waals surface area contributed by atoms with Crippen LogP contribution in [0.1, 0.15) is 44.1 Å². The second-order valence-electron chi connectivity index (χ2n) is 10.1. The van der Waals surface area contributed by atoms with Crippen LogP contribution in [0, 0.1) is 5.92 Å². The molecule has 3 aromatic carbocycles. The van der Waals surface area contributed by atoms with Gasteiger partial charge in [-0.2, -0.15) is 0 Å². The summed E-state index contributed by atoms with van der Waals surface area (Å²) in [5.41, 5.74) is 3.35. The van der Waals surface area contributed by atoms with Crippen molar-refractivity contribution >= 4 is 39.2 Å². The molecule has 41 heavy (non-hydrogen) atoms. The highest BCUT2D eigenvalue weighted by Crippen LogP contribution is 2.35. The molecule has 3 atom stereocenters. The van der Waals surface area contributed by atoms with Crippen LogP contribution in [-0.4, -0.2) is 33.6 Å². The quantitative estimate of drug-likeness (QED) is 0.122. The maximum absolute atomic E-state index is 13.3. The van der Waals surface area contributed by atoms with Crippen LogP contribution >= 0.6 is 23.2 Å². The highest BCUT2D eigenvalue weighted by Gasteiger charge is 2.38. The molecule has 0 spiro atoms. The number of carbonyl (C=O) groups excluding carboxylic acids is 1. The molecule has 1 aliphatic rings. The standard InChI is InChI=1S/C32H35Cl2NO5S/c1-39-32(36)12-8-3-2-7-11-27-29(35-41(37,38)31-21-26(33)17-18-28(31)34)19-20-30(27)40-22-23-13-15-25(16-14-23)24-9-5-4-6-10-24/h2,4-7,9-10,13-18,21,27,29-30,35H,3,8,11-12,19-20,22H2,1H3/b7-2-/t27-,29+,30+/m1/s1. The third-order valence-electron chi connectivity index (χ3n) is 7.33. The van der Waals surface area contributed by atoms with Crippen LogP contribution in [0.4, 0.5) is 0 Å². The number of benzene rings is 3. The van der Waals surface area contributed by atoms with Crippen LogP contribution in [0.5, 0.6) is 0 Å². The Labute approximate surface area is 252 Å². The highest BCUT2D eigenvalue weighted by molar-refractivity contribution is 7.89. The molecular formula is C32H35Cl2NO5S. The fraction of sp³-hybridized carbons (Fsp3) is 0.344. The van der Waals surface area contributed by atoms with Crippen molar-refractivity contribution in [2.75, 3.05) is 7.11 Å². The summed E-state index contributed by atoms with van der Waals surface area (Å²) >= 11 is 12.3. The van der Waals surface area contributed by atoms with E-state index in [1.807, 2.05) is 30.4 Å². The second kappa shape index (κ2) is 15.0. The number of ether oxygens (including phenoxy) is 2. The molecular weight excluding hydrogens is 581 g/mol. The zero-order valence-electron chi connectivity index (χ0n) is 23.0. The molecule has 0 unspecified atom stereocenters. The minimum Gasteiger partial charge on any atom is -0.469 e. The fourth-order valence-corrected chi connectivity index (χ4v) is 7.20. The number of hydrogen-bond acceptors (Lipinski definition) is 5. The molecule has 0 aliphatic heterocycles. The first kappa shape index (κ1) is 31.3.